The van der Waals surface area contributed by atoms with Gasteiger partial charge in [-0.05, 0) is 25.0 Å². The number of amides is 2. The van der Waals surface area contributed by atoms with Crippen LogP contribution >= 0.6 is 0 Å². The van der Waals surface area contributed by atoms with Crippen LogP contribution in [-0.4, -0.2) is 66.1 Å². The molecule has 1 aliphatic heterocycles. The zero-order chi connectivity index (χ0) is 22.8. The quantitative estimate of drug-likeness (QED) is 0.762. The molecule has 0 atom stereocenters. The van der Waals surface area contributed by atoms with Crippen molar-refractivity contribution >= 4 is 21.9 Å². The maximum absolute atomic E-state index is 12.9. The first-order valence-electron chi connectivity index (χ1n) is 9.44. The van der Waals surface area contributed by atoms with Crippen LogP contribution in [0.2, 0.25) is 0 Å². The summed E-state index contributed by atoms with van der Waals surface area (Å²) in [6, 6.07) is 4.18. The minimum Gasteiger partial charge on any atom is -0.324 e. The first-order valence-corrected chi connectivity index (χ1v) is 11.3. The van der Waals surface area contributed by atoms with Crippen molar-refractivity contribution in [2.75, 3.05) is 31.7 Å². The van der Waals surface area contributed by atoms with Crippen LogP contribution < -0.4 is 5.32 Å². The summed E-state index contributed by atoms with van der Waals surface area (Å²) in [6.07, 6.45) is 0.280. The van der Waals surface area contributed by atoms with Gasteiger partial charge in [0.15, 0.2) is 5.82 Å². The molecule has 0 bridgehead atoms. The predicted molar refractivity (Wildman–Crippen MR) is 109 cm³/mol. The highest BCUT2D eigenvalue weighted by Crippen LogP contribution is 2.31. The molecule has 1 fully saturated rings. The largest absolute Gasteiger partial charge is 0.416 e. The highest BCUT2D eigenvalue weighted by molar-refractivity contribution is 7.88. The standard InChI is InChI=1S/C19H22F3N5O3S/c1-26(15-6-8-27(9-7-15)31(2,29)30)18(28)25-17-12-23-16(11-24-17)13-4-3-5-14(10-13)19(20,21)22/h3-5,10-12,15H,6-9H2,1-2H3,(H,24,25,28). The third-order valence-corrected chi connectivity index (χ3v) is 6.44. The molecule has 3 rings (SSSR count). The molecule has 1 aromatic carbocycles. The van der Waals surface area contributed by atoms with Crippen LogP contribution in [0.3, 0.4) is 0 Å². The molecule has 2 amide bonds. The summed E-state index contributed by atoms with van der Waals surface area (Å²) in [7, 11) is -1.64. The number of halogens is 3. The van der Waals surface area contributed by atoms with E-state index >= 15 is 0 Å². The van der Waals surface area contributed by atoms with Gasteiger partial charge in [0.1, 0.15) is 0 Å². The Labute approximate surface area is 178 Å². The smallest absolute Gasteiger partial charge is 0.324 e. The number of aromatic nitrogens is 2. The number of hydrogen-bond donors (Lipinski definition) is 1. The fraction of sp³-hybridized carbons (Fsp3) is 0.421. The number of benzene rings is 1. The zero-order valence-electron chi connectivity index (χ0n) is 16.9. The Kier molecular flexibility index (Phi) is 6.51. The van der Waals surface area contributed by atoms with Crippen LogP contribution in [0.1, 0.15) is 18.4 Å². The molecule has 1 aliphatic rings. The zero-order valence-corrected chi connectivity index (χ0v) is 17.7. The highest BCUT2D eigenvalue weighted by Gasteiger charge is 2.31. The SMILES string of the molecule is CN(C(=O)Nc1cnc(-c2cccc(C(F)(F)F)c2)cn1)C1CCN(S(C)(=O)=O)CC1. The Bertz CT molecular complexity index is 1040. The number of anilines is 1. The molecule has 1 N–H and O–H groups in total. The molecule has 0 radical (unpaired) electrons. The summed E-state index contributed by atoms with van der Waals surface area (Å²) in [4.78, 5) is 22.1. The number of sulfonamides is 1. The van der Waals surface area contributed by atoms with Crippen molar-refractivity contribution in [3.05, 3.63) is 42.2 Å². The van der Waals surface area contributed by atoms with Gasteiger partial charge in [-0.2, -0.15) is 13.2 Å². The first-order chi connectivity index (χ1) is 14.4. The fourth-order valence-electron chi connectivity index (χ4n) is 3.32. The molecule has 1 saturated heterocycles. The molecule has 2 aromatic rings. The van der Waals surface area contributed by atoms with Crippen LogP contribution in [0.5, 0.6) is 0 Å². The number of alkyl halides is 3. The van der Waals surface area contributed by atoms with Crippen molar-refractivity contribution in [3.63, 3.8) is 0 Å². The summed E-state index contributed by atoms with van der Waals surface area (Å²) in [6.45, 7) is 0.680. The van der Waals surface area contributed by atoms with Gasteiger partial charge in [-0.1, -0.05) is 12.1 Å². The molecule has 2 heterocycles. The summed E-state index contributed by atoms with van der Waals surface area (Å²) < 4.78 is 63.2. The maximum Gasteiger partial charge on any atom is 0.416 e. The van der Waals surface area contributed by atoms with Gasteiger partial charge >= 0.3 is 12.2 Å². The van der Waals surface area contributed by atoms with E-state index in [0.717, 1.165) is 18.4 Å². The van der Waals surface area contributed by atoms with Gasteiger partial charge in [0.2, 0.25) is 10.0 Å². The lowest BCUT2D eigenvalue weighted by Gasteiger charge is -2.35. The van der Waals surface area contributed by atoms with Crippen molar-refractivity contribution in [2.45, 2.75) is 25.1 Å². The van der Waals surface area contributed by atoms with E-state index in [0.29, 0.717) is 25.9 Å². The minimum atomic E-state index is -4.46. The molecular weight excluding hydrogens is 435 g/mol. The Hall–Kier alpha value is -2.73. The van der Waals surface area contributed by atoms with Crippen LogP contribution in [0, 0.1) is 0 Å². The molecule has 0 spiro atoms. The monoisotopic (exact) mass is 457 g/mol. The number of rotatable bonds is 4. The number of nitrogens with one attached hydrogen (secondary N) is 1. The first kappa shape index (κ1) is 22.9. The molecule has 12 heteroatoms. The Morgan fingerprint density at radius 1 is 1.19 bits per heavy atom. The summed E-state index contributed by atoms with van der Waals surface area (Å²) in [5, 5.41) is 2.60. The van der Waals surface area contributed by atoms with Crippen LogP contribution in [0.15, 0.2) is 36.7 Å². The molecule has 1 aromatic heterocycles. The third kappa shape index (κ3) is 5.70. The van der Waals surface area contributed by atoms with Crippen molar-refractivity contribution in [1.82, 2.24) is 19.2 Å². The van der Waals surface area contributed by atoms with Gasteiger partial charge in [-0.25, -0.2) is 22.5 Å². The van der Waals surface area contributed by atoms with E-state index in [-0.39, 0.29) is 23.1 Å². The average Bonchev–Trinajstić information content (AvgIpc) is 2.72. The highest BCUT2D eigenvalue weighted by atomic mass is 32.2. The second-order valence-electron chi connectivity index (χ2n) is 7.30. The summed E-state index contributed by atoms with van der Waals surface area (Å²) in [5.74, 6) is 0.154. The van der Waals surface area contributed by atoms with Gasteiger partial charge in [0, 0.05) is 31.7 Å². The van der Waals surface area contributed by atoms with Crippen molar-refractivity contribution in [1.29, 1.82) is 0 Å². The molecule has 0 unspecified atom stereocenters. The molecule has 8 nitrogen and oxygen atoms in total. The molecule has 31 heavy (non-hydrogen) atoms. The van der Waals surface area contributed by atoms with Gasteiger partial charge in [-0.15, -0.1) is 0 Å². The minimum absolute atomic E-state index is 0.129. The lowest BCUT2D eigenvalue weighted by molar-refractivity contribution is -0.137. The number of carbonyl (C=O) groups is 1. The average molecular weight is 457 g/mol. The van der Waals surface area contributed by atoms with Crippen LogP contribution in [-0.2, 0) is 16.2 Å². The third-order valence-electron chi connectivity index (χ3n) is 5.13. The number of nitrogens with zero attached hydrogens (tertiary/aromatic N) is 4. The molecular formula is C19H22F3N5O3S. The Morgan fingerprint density at radius 3 is 2.42 bits per heavy atom. The van der Waals surface area contributed by atoms with Crippen LogP contribution in [0.25, 0.3) is 11.3 Å². The van der Waals surface area contributed by atoms with E-state index in [1.807, 2.05) is 0 Å². The fourth-order valence-corrected chi connectivity index (χ4v) is 4.20. The second-order valence-corrected chi connectivity index (χ2v) is 9.28. The van der Waals surface area contributed by atoms with E-state index in [4.69, 9.17) is 0 Å². The van der Waals surface area contributed by atoms with E-state index in [2.05, 4.69) is 15.3 Å². The normalized spacial score (nSPS) is 16.2. The second kappa shape index (κ2) is 8.79. The van der Waals surface area contributed by atoms with Gasteiger partial charge < -0.3 is 4.90 Å². The van der Waals surface area contributed by atoms with E-state index < -0.39 is 27.8 Å². The van der Waals surface area contributed by atoms with Crippen molar-refractivity contribution in [3.8, 4) is 11.3 Å². The summed E-state index contributed by atoms with van der Waals surface area (Å²) >= 11 is 0. The molecule has 0 saturated carbocycles. The topological polar surface area (TPSA) is 95.5 Å². The van der Waals surface area contributed by atoms with E-state index in [1.54, 1.807) is 7.05 Å². The number of carbonyl (C=O) groups excluding carboxylic acids is 1. The van der Waals surface area contributed by atoms with Gasteiger partial charge in [0.05, 0.1) is 29.9 Å². The van der Waals surface area contributed by atoms with Gasteiger partial charge in [-0.3, -0.25) is 10.3 Å². The maximum atomic E-state index is 12.9. The Morgan fingerprint density at radius 2 is 1.87 bits per heavy atom. The lowest BCUT2D eigenvalue weighted by atomic mass is 10.1. The molecule has 168 valence electrons. The Balaban J connectivity index is 1.62. The van der Waals surface area contributed by atoms with Crippen LogP contribution in [0.4, 0.5) is 23.8 Å². The number of urea groups is 1. The lowest BCUT2D eigenvalue weighted by Crippen LogP contribution is -2.48. The van der Waals surface area contributed by atoms with Crippen molar-refractivity contribution < 1.29 is 26.4 Å². The summed E-state index contributed by atoms with van der Waals surface area (Å²) in [5.41, 5.74) is -0.284. The predicted octanol–water partition coefficient (Wildman–Crippen LogP) is 3.05. The molecule has 0 aliphatic carbocycles. The van der Waals surface area contributed by atoms with E-state index in [9.17, 15) is 26.4 Å². The number of hydrogen-bond acceptors (Lipinski definition) is 5. The van der Waals surface area contributed by atoms with Gasteiger partial charge in [0.25, 0.3) is 0 Å². The number of piperidine rings is 1. The van der Waals surface area contributed by atoms with E-state index in [1.165, 1.54) is 33.7 Å². The van der Waals surface area contributed by atoms with Crippen molar-refractivity contribution in [2.24, 2.45) is 0 Å².